The lowest BCUT2D eigenvalue weighted by atomic mass is 10.1. The van der Waals surface area contributed by atoms with E-state index in [2.05, 4.69) is 16.7 Å². The molecule has 114 valence electrons. The molecule has 0 aromatic carbocycles. The van der Waals surface area contributed by atoms with E-state index in [0.29, 0.717) is 6.61 Å². The fourth-order valence-corrected chi connectivity index (χ4v) is 2.91. The quantitative estimate of drug-likeness (QED) is 0.618. The van der Waals surface area contributed by atoms with E-state index in [4.69, 9.17) is 5.11 Å². The highest BCUT2D eigenvalue weighted by Crippen LogP contribution is 2.09. The van der Waals surface area contributed by atoms with E-state index in [-0.39, 0.29) is 0 Å². The SMILES string of the molecule is CCCCCCCCCN1CCCN(CCO)CC1. The first-order chi connectivity index (χ1) is 9.36. The van der Waals surface area contributed by atoms with Gasteiger partial charge in [-0.3, -0.25) is 4.90 Å². The summed E-state index contributed by atoms with van der Waals surface area (Å²) in [5.74, 6) is 0. The Morgan fingerprint density at radius 3 is 1.95 bits per heavy atom. The summed E-state index contributed by atoms with van der Waals surface area (Å²) in [7, 11) is 0. The van der Waals surface area contributed by atoms with Crippen LogP contribution in [0.4, 0.5) is 0 Å². The lowest BCUT2D eigenvalue weighted by molar-refractivity contribution is 0.196. The Morgan fingerprint density at radius 2 is 1.32 bits per heavy atom. The second-order valence-corrected chi connectivity index (χ2v) is 5.88. The summed E-state index contributed by atoms with van der Waals surface area (Å²) >= 11 is 0. The summed E-state index contributed by atoms with van der Waals surface area (Å²) in [6.07, 6.45) is 11.1. The Morgan fingerprint density at radius 1 is 0.737 bits per heavy atom. The second kappa shape index (κ2) is 11.7. The van der Waals surface area contributed by atoms with Crippen LogP contribution in [0.5, 0.6) is 0 Å². The zero-order valence-electron chi connectivity index (χ0n) is 12.9. The van der Waals surface area contributed by atoms with Gasteiger partial charge in [-0.25, -0.2) is 0 Å². The minimum atomic E-state index is 0.303. The van der Waals surface area contributed by atoms with Crippen molar-refractivity contribution in [2.24, 2.45) is 0 Å². The molecule has 0 aliphatic carbocycles. The lowest BCUT2D eigenvalue weighted by Crippen LogP contribution is -2.32. The summed E-state index contributed by atoms with van der Waals surface area (Å²) in [6.45, 7) is 9.45. The number of rotatable bonds is 10. The zero-order chi connectivity index (χ0) is 13.8. The van der Waals surface area contributed by atoms with E-state index in [1.165, 1.54) is 71.0 Å². The van der Waals surface area contributed by atoms with Crippen LogP contribution in [-0.4, -0.2) is 60.8 Å². The Labute approximate surface area is 120 Å². The molecule has 0 radical (unpaired) electrons. The molecule has 1 N–H and O–H groups in total. The predicted molar refractivity (Wildman–Crippen MR) is 82.6 cm³/mol. The van der Waals surface area contributed by atoms with Crippen molar-refractivity contribution in [1.82, 2.24) is 9.80 Å². The highest BCUT2D eigenvalue weighted by atomic mass is 16.3. The van der Waals surface area contributed by atoms with Crippen molar-refractivity contribution < 1.29 is 5.11 Å². The maximum Gasteiger partial charge on any atom is 0.0558 e. The molecule has 1 rings (SSSR count). The molecule has 1 heterocycles. The van der Waals surface area contributed by atoms with Gasteiger partial charge in [0.2, 0.25) is 0 Å². The molecule has 1 aliphatic heterocycles. The number of β-amino-alcohol motifs (C(OH)–C–C–N with tert-alkyl or cyclic N) is 1. The molecular weight excluding hydrogens is 236 g/mol. The summed E-state index contributed by atoms with van der Waals surface area (Å²) in [5, 5.41) is 8.98. The molecule has 0 spiro atoms. The number of nitrogens with zero attached hydrogens (tertiary/aromatic N) is 2. The molecule has 0 saturated carbocycles. The molecule has 1 saturated heterocycles. The van der Waals surface area contributed by atoms with E-state index in [1.807, 2.05) is 0 Å². The first-order valence-electron chi connectivity index (χ1n) is 8.42. The highest BCUT2D eigenvalue weighted by molar-refractivity contribution is 4.69. The van der Waals surface area contributed by atoms with Crippen LogP contribution in [0.25, 0.3) is 0 Å². The first kappa shape index (κ1) is 16.9. The number of hydrogen-bond donors (Lipinski definition) is 1. The standard InChI is InChI=1S/C16H34N2O/c1-2-3-4-5-6-7-8-10-17-11-9-12-18(14-13-17)15-16-19/h19H,2-16H2,1H3. The summed E-state index contributed by atoms with van der Waals surface area (Å²) in [4.78, 5) is 5.01. The second-order valence-electron chi connectivity index (χ2n) is 5.88. The van der Waals surface area contributed by atoms with Crippen LogP contribution in [0.2, 0.25) is 0 Å². The maximum atomic E-state index is 8.98. The van der Waals surface area contributed by atoms with Gasteiger partial charge >= 0.3 is 0 Å². The van der Waals surface area contributed by atoms with Crippen LogP contribution in [0, 0.1) is 0 Å². The van der Waals surface area contributed by atoms with Crippen molar-refractivity contribution in [2.75, 3.05) is 45.9 Å². The lowest BCUT2D eigenvalue weighted by Gasteiger charge is -2.21. The Kier molecular flexibility index (Phi) is 10.4. The van der Waals surface area contributed by atoms with Gasteiger partial charge in [0.15, 0.2) is 0 Å². The molecule has 19 heavy (non-hydrogen) atoms. The van der Waals surface area contributed by atoms with Gasteiger partial charge in [0.25, 0.3) is 0 Å². The molecular formula is C16H34N2O. The Balaban J connectivity index is 1.97. The van der Waals surface area contributed by atoms with Gasteiger partial charge < -0.3 is 10.0 Å². The van der Waals surface area contributed by atoms with Crippen LogP contribution >= 0.6 is 0 Å². The predicted octanol–water partition coefficient (Wildman–Crippen LogP) is 2.74. The molecule has 0 aromatic rings. The van der Waals surface area contributed by atoms with E-state index in [1.54, 1.807) is 0 Å². The molecule has 0 aromatic heterocycles. The van der Waals surface area contributed by atoms with Gasteiger partial charge in [-0.2, -0.15) is 0 Å². The van der Waals surface area contributed by atoms with Crippen molar-refractivity contribution in [2.45, 2.75) is 58.3 Å². The fourth-order valence-electron chi connectivity index (χ4n) is 2.91. The largest absolute Gasteiger partial charge is 0.395 e. The van der Waals surface area contributed by atoms with Crippen LogP contribution < -0.4 is 0 Å². The molecule has 0 atom stereocenters. The third-order valence-electron chi connectivity index (χ3n) is 4.18. The van der Waals surface area contributed by atoms with Crippen molar-refractivity contribution >= 4 is 0 Å². The smallest absolute Gasteiger partial charge is 0.0558 e. The fraction of sp³-hybridized carbons (Fsp3) is 1.00. The molecule has 1 aliphatic rings. The van der Waals surface area contributed by atoms with E-state index in [9.17, 15) is 0 Å². The minimum Gasteiger partial charge on any atom is -0.395 e. The van der Waals surface area contributed by atoms with Crippen LogP contribution in [0.15, 0.2) is 0 Å². The molecule has 3 nitrogen and oxygen atoms in total. The topological polar surface area (TPSA) is 26.7 Å². The van der Waals surface area contributed by atoms with E-state index < -0.39 is 0 Å². The normalized spacial score (nSPS) is 18.6. The minimum absolute atomic E-state index is 0.303. The average Bonchev–Trinajstić information content (AvgIpc) is 2.64. The van der Waals surface area contributed by atoms with Gasteiger partial charge in [0.05, 0.1) is 6.61 Å². The zero-order valence-corrected chi connectivity index (χ0v) is 12.9. The third-order valence-corrected chi connectivity index (χ3v) is 4.18. The first-order valence-corrected chi connectivity index (χ1v) is 8.42. The number of unbranched alkanes of at least 4 members (excludes halogenated alkanes) is 6. The van der Waals surface area contributed by atoms with E-state index in [0.717, 1.165) is 19.6 Å². The maximum absolute atomic E-state index is 8.98. The van der Waals surface area contributed by atoms with Gasteiger partial charge in [0.1, 0.15) is 0 Å². The van der Waals surface area contributed by atoms with Crippen molar-refractivity contribution in [3.8, 4) is 0 Å². The average molecular weight is 270 g/mol. The van der Waals surface area contributed by atoms with Crippen LogP contribution in [0.1, 0.15) is 58.3 Å². The third kappa shape index (κ3) is 8.61. The summed E-state index contributed by atoms with van der Waals surface area (Å²) in [5.41, 5.74) is 0. The van der Waals surface area contributed by atoms with E-state index >= 15 is 0 Å². The Hall–Kier alpha value is -0.120. The molecule has 1 fully saturated rings. The van der Waals surface area contributed by atoms with Crippen LogP contribution in [0.3, 0.4) is 0 Å². The highest BCUT2D eigenvalue weighted by Gasteiger charge is 2.13. The number of hydrogen-bond acceptors (Lipinski definition) is 3. The van der Waals surface area contributed by atoms with Gasteiger partial charge in [-0.1, -0.05) is 45.4 Å². The molecule has 0 bridgehead atoms. The summed E-state index contributed by atoms with van der Waals surface area (Å²) < 4.78 is 0. The number of aliphatic hydroxyl groups is 1. The van der Waals surface area contributed by atoms with Gasteiger partial charge in [0, 0.05) is 19.6 Å². The van der Waals surface area contributed by atoms with Crippen LogP contribution in [-0.2, 0) is 0 Å². The van der Waals surface area contributed by atoms with Gasteiger partial charge in [-0.05, 0) is 32.5 Å². The van der Waals surface area contributed by atoms with Crippen molar-refractivity contribution in [1.29, 1.82) is 0 Å². The monoisotopic (exact) mass is 270 g/mol. The Bertz CT molecular complexity index is 199. The van der Waals surface area contributed by atoms with Crippen molar-refractivity contribution in [3.05, 3.63) is 0 Å². The molecule has 3 heteroatoms. The molecule has 0 unspecified atom stereocenters. The van der Waals surface area contributed by atoms with Gasteiger partial charge in [-0.15, -0.1) is 0 Å². The number of aliphatic hydroxyl groups excluding tert-OH is 1. The van der Waals surface area contributed by atoms with Crippen molar-refractivity contribution in [3.63, 3.8) is 0 Å². The summed E-state index contributed by atoms with van der Waals surface area (Å²) in [6, 6.07) is 0. The molecule has 0 amide bonds.